The maximum Gasteiger partial charge on any atom is 0.223 e. The number of rotatable bonds is 8. The van der Waals surface area contributed by atoms with Gasteiger partial charge in [0, 0.05) is 18.3 Å². The van der Waals surface area contributed by atoms with Crippen LogP contribution in [0.1, 0.15) is 32.8 Å². The van der Waals surface area contributed by atoms with Gasteiger partial charge in [-0.05, 0) is 37.5 Å². The summed E-state index contributed by atoms with van der Waals surface area (Å²) in [4.78, 5) is 3.84. The fourth-order valence-corrected chi connectivity index (χ4v) is 3.67. The van der Waals surface area contributed by atoms with Gasteiger partial charge in [0.05, 0.1) is 18.7 Å². The van der Waals surface area contributed by atoms with Crippen molar-refractivity contribution in [3.8, 4) is 17.7 Å². The maximum atomic E-state index is 15.5. The van der Waals surface area contributed by atoms with Gasteiger partial charge in [0.15, 0.2) is 11.5 Å². The van der Waals surface area contributed by atoms with Crippen LogP contribution in [-0.2, 0) is 0 Å². The van der Waals surface area contributed by atoms with Crippen molar-refractivity contribution in [3.63, 3.8) is 0 Å². The molecular formula is C25H25F3N3O+. The smallest absolute Gasteiger partial charge is 0.223 e. The Bertz CT molecular complexity index is 1110. The molecule has 1 atom stereocenters. The first-order chi connectivity index (χ1) is 15.3. The van der Waals surface area contributed by atoms with E-state index in [0.29, 0.717) is 19.0 Å². The molecule has 1 unspecified atom stereocenters. The summed E-state index contributed by atoms with van der Waals surface area (Å²) >= 11 is 0. The zero-order valence-corrected chi connectivity index (χ0v) is 18.3. The Morgan fingerprint density at radius 2 is 1.78 bits per heavy atom. The third kappa shape index (κ3) is 4.61. The van der Waals surface area contributed by atoms with E-state index in [2.05, 4.69) is 4.98 Å². The molecule has 0 fully saturated rings. The number of hydrogen-bond acceptors (Lipinski definition) is 3. The molecule has 0 radical (unpaired) electrons. The topological polar surface area (TPSA) is 45.9 Å². The number of nitriles is 1. The molecule has 7 heteroatoms. The highest BCUT2D eigenvalue weighted by Gasteiger charge is 2.38. The van der Waals surface area contributed by atoms with Gasteiger partial charge in [0.1, 0.15) is 11.8 Å². The van der Waals surface area contributed by atoms with E-state index in [1.54, 1.807) is 0 Å². The first-order valence-electron chi connectivity index (χ1n) is 10.5. The van der Waals surface area contributed by atoms with Crippen LogP contribution >= 0.6 is 0 Å². The van der Waals surface area contributed by atoms with Gasteiger partial charge >= 0.3 is 0 Å². The lowest BCUT2D eigenvalue weighted by Gasteiger charge is -2.37. The molecule has 0 N–H and O–H groups in total. The highest BCUT2D eigenvalue weighted by molar-refractivity contribution is 5.61. The average Bonchev–Trinajstić information content (AvgIpc) is 2.81. The number of ether oxygens (including phenoxy) is 1. The van der Waals surface area contributed by atoms with E-state index in [0.717, 1.165) is 18.2 Å². The van der Waals surface area contributed by atoms with Crippen molar-refractivity contribution in [1.29, 1.82) is 5.26 Å². The minimum atomic E-state index is -1.41. The summed E-state index contributed by atoms with van der Waals surface area (Å²) in [6.45, 7) is 6.85. The molecule has 0 saturated carbocycles. The number of halogens is 3. The number of pyridine rings is 1. The summed E-state index contributed by atoms with van der Waals surface area (Å²) in [5.74, 6) is -4.29. The molecule has 0 bridgehead atoms. The third-order valence-electron chi connectivity index (χ3n) is 5.51. The first-order valence-corrected chi connectivity index (χ1v) is 10.5. The molecule has 32 heavy (non-hydrogen) atoms. The third-order valence-corrected chi connectivity index (χ3v) is 5.51. The summed E-state index contributed by atoms with van der Waals surface area (Å²) in [6, 6.07) is 14.7. The Morgan fingerprint density at radius 1 is 1.06 bits per heavy atom. The van der Waals surface area contributed by atoms with Gasteiger partial charge in [-0.3, -0.25) is 4.48 Å². The van der Waals surface area contributed by atoms with Crippen molar-refractivity contribution < 1.29 is 17.9 Å². The maximum absolute atomic E-state index is 15.5. The van der Waals surface area contributed by atoms with Gasteiger partial charge in [-0.25, -0.2) is 9.37 Å². The average molecular weight is 440 g/mol. The number of nitrogens with zero attached hydrogens (tertiary/aromatic N) is 3. The molecule has 0 spiro atoms. The van der Waals surface area contributed by atoms with E-state index < -0.39 is 23.2 Å². The van der Waals surface area contributed by atoms with E-state index in [9.17, 15) is 0 Å². The Morgan fingerprint density at radius 3 is 2.34 bits per heavy atom. The van der Waals surface area contributed by atoms with Crippen molar-refractivity contribution in [2.45, 2.75) is 27.2 Å². The van der Waals surface area contributed by atoms with Gasteiger partial charge in [-0.1, -0.05) is 32.0 Å². The number of aromatic nitrogens is 1. The molecule has 166 valence electrons. The second kappa shape index (κ2) is 9.84. The summed E-state index contributed by atoms with van der Waals surface area (Å²) in [5, 5.41) is 8.84. The lowest BCUT2D eigenvalue weighted by Crippen LogP contribution is -2.46. The van der Waals surface area contributed by atoms with Crippen molar-refractivity contribution in [2.75, 3.05) is 13.1 Å². The minimum absolute atomic E-state index is 0.0336. The number of hydrogen-bond donors (Lipinski definition) is 0. The molecule has 0 aliphatic rings. The Labute approximate surface area is 186 Å². The zero-order valence-electron chi connectivity index (χ0n) is 18.3. The fraction of sp³-hybridized carbons (Fsp3) is 0.280. The van der Waals surface area contributed by atoms with Crippen LogP contribution in [0.3, 0.4) is 0 Å². The molecular weight excluding hydrogens is 415 g/mol. The lowest BCUT2D eigenvalue weighted by molar-refractivity contribution is 0.334. The summed E-state index contributed by atoms with van der Waals surface area (Å²) < 4.78 is 50.8. The lowest BCUT2D eigenvalue weighted by atomic mass is 10.1. The second-order valence-corrected chi connectivity index (χ2v) is 7.96. The molecule has 2 aromatic carbocycles. The van der Waals surface area contributed by atoms with Crippen LogP contribution in [0, 0.1) is 34.7 Å². The Hall–Kier alpha value is -3.37. The van der Waals surface area contributed by atoms with Crippen LogP contribution in [-0.4, -0.2) is 18.1 Å². The Kier molecular flexibility index (Phi) is 7.16. The monoisotopic (exact) mass is 440 g/mol. The van der Waals surface area contributed by atoms with Crippen molar-refractivity contribution in [1.82, 2.24) is 9.47 Å². The van der Waals surface area contributed by atoms with E-state index in [1.165, 1.54) is 18.3 Å². The summed E-state index contributed by atoms with van der Waals surface area (Å²) in [6.07, 6.45) is 1.94. The number of benzene rings is 2. The molecule has 3 aromatic rings. The van der Waals surface area contributed by atoms with Crippen molar-refractivity contribution >= 4 is 11.4 Å². The first kappa shape index (κ1) is 23.3. The van der Waals surface area contributed by atoms with E-state index in [-0.39, 0.29) is 21.6 Å². The van der Waals surface area contributed by atoms with Gasteiger partial charge < -0.3 is 4.74 Å². The van der Waals surface area contributed by atoms with Crippen LogP contribution in [0.5, 0.6) is 11.6 Å². The standard InChI is InChI=1S/C25H25F3N3O/c1-4-31(13-12-17(2)3,19-8-6-5-7-9-19)21-14-20(26)25(24(28)23(21)27)32-22-11-10-18(15-29)16-30-22/h5-11,14,16-17H,4,12-13H2,1-3H3/q+1. The molecule has 0 saturated heterocycles. The largest absolute Gasteiger partial charge is 0.433 e. The zero-order chi connectivity index (χ0) is 23.3. The molecule has 3 rings (SSSR count). The van der Waals surface area contributed by atoms with Crippen LogP contribution in [0.4, 0.5) is 24.5 Å². The minimum Gasteiger partial charge on any atom is -0.433 e. The van der Waals surface area contributed by atoms with Gasteiger partial charge in [0.2, 0.25) is 23.3 Å². The van der Waals surface area contributed by atoms with Gasteiger partial charge in [-0.2, -0.15) is 14.0 Å². The molecule has 0 amide bonds. The molecule has 0 aliphatic carbocycles. The van der Waals surface area contributed by atoms with Gasteiger partial charge in [-0.15, -0.1) is 0 Å². The van der Waals surface area contributed by atoms with Crippen LogP contribution in [0.2, 0.25) is 0 Å². The highest BCUT2D eigenvalue weighted by atomic mass is 19.2. The molecule has 1 heterocycles. The second-order valence-electron chi connectivity index (χ2n) is 7.96. The van der Waals surface area contributed by atoms with Crippen molar-refractivity contribution in [3.05, 3.63) is 77.7 Å². The molecule has 0 aliphatic heterocycles. The summed E-state index contributed by atoms with van der Waals surface area (Å²) in [5.41, 5.74) is 0.920. The normalized spacial score (nSPS) is 12.9. The van der Waals surface area contributed by atoms with E-state index in [1.807, 2.05) is 57.2 Å². The fourth-order valence-electron chi connectivity index (χ4n) is 3.67. The SMILES string of the molecule is CC[N+](CCC(C)C)(c1ccccc1)c1cc(F)c(Oc2ccc(C#N)cn2)c(F)c1F. The van der Waals surface area contributed by atoms with Crippen LogP contribution in [0.25, 0.3) is 0 Å². The van der Waals surface area contributed by atoms with Gasteiger partial charge in [0.25, 0.3) is 0 Å². The number of para-hydroxylation sites is 1. The molecule has 4 nitrogen and oxygen atoms in total. The van der Waals surface area contributed by atoms with Crippen LogP contribution < -0.4 is 9.22 Å². The van der Waals surface area contributed by atoms with E-state index >= 15 is 13.2 Å². The van der Waals surface area contributed by atoms with E-state index in [4.69, 9.17) is 10.00 Å². The predicted octanol–water partition coefficient (Wildman–Crippen LogP) is 6.87. The quantitative estimate of drug-likeness (QED) is 0.284. The Balaban J connectivity index is 2.11. The molecule has 1 aromatic heterocycles. The van der Waals surface area contributed by atoms with Crippen LogP contribution in [0.15, 0.2) is 54.7 Å². The highest BCUT2D eigenvalue weighted by Crippen LogP contribution is 2.42. The number of quaternary nitrogens is 1. The summed E-state index contributed by atoms with van der Waals surface area (Å²) in [7, 11) is 0. The predicted molar refractivity (Wildman–Crippen MR) is 118 cm³/mol. The van der Waals surface area contributed by atoms with Crippen molar-refractivity contribution in [2.24, 2.45) is 5.92 Å².